The lowest BCUT2D eigenvalue weighted by Crippen LogP contribution is -2.09. The zero-order valence-corrected chi connectivity index (χ0v) is 12.6. The number of fused-ring (bicyclic) bond motifs is 1. The summed E-state index contributed by atoms with van der Waals surface area (Å²) in [6, 6.07) is 13.9. The highest BCUT2D eigenvalue weighted by atomic mass is 16.6. The predicted molar refractivity (Wildman–Crippen MR) is 85.5 cm³/mol. The van der Waals surface area contributed by atoms with E-state index in [1.807, 2.05) is 12.1 Å². The van der Waals surface area contributed by atoms with Crippen molar-refractivity contribution < 1.29 is 14.5 Å². The monoisotopic (exact) mass is 311 g/mol. The van der Waals surface area contributed by atoms with E-state index in [0.29, 0.717) is 18.1 Å². The molecule has 2 aromatic rings. The number of rotatable bonds is 5. The molecular formula is C18H17NO4. The van der Waals surface area contributed by atoms with Crippen LogP contribution in [0.2, 0.25) is 0 Å². The lowest BCUT2D eigenvalue weighted by molar-refractivity contribution is -0.384. The molecule has 0 aromatic heterocycles. The third-order valence-corrected chi connectivity index (χ3v) is 4.23. The molecule has 1 aliphatic rings. The van der Waals surface area contributed by atoms with Crippen molar-refractivity contribution in [2.75, 3.05) is 0 Å². The number of ether oxygens (including phenoxy) is 1. The third kappa shape index (κ3) is 3.56. The summed E-state index contributed by atoms with van der Waals surface area (Å²) in [7, 11) is 0. The lowest BCUT2D eigenvalue weighted by Gasteiger charge is -2.11. The van der Waals surface area contributed by atoms with Crippen molar-refractivity contribution in [2.45, 2.75) is 31.6 Å². The summed E-state index contributed by atoms with van der Waals surface area (Å²) in [5.41, 5.74) is 2.70. The number of non-ortho nitro benzene ring substituents is 1. The molecule has 0 heterocycles. The number of carbonyl (C=O) groups is 1. The Morgan fingerprint density at radius 3 is 2.65 bits per heavy atom. The summed E-state index contributed by atoms with van der Waals surface area (Å²) in [6.45, 7) is 0. The molecule has 0 radical (unpaired) electrons. The van der Waals surface area contributed by atoms with Crippen molar-refractivity contribution in [3.05, 3.63) is 69.8 Å². The van der Waals surface area contributed by atoms with E-state index in [2.05, 4.69) is 12.1 Å². The van der Waals surface area contributed by atoms with E-state index in [0.717, 1.165) is 19.3 Å². The fraction of sp³-hybridized carbons (Fsp3) is 0.278. The van der Waals surface area contributed by atoms with Crippen LogP contribution in [-0.2, 0) is 11.2 Å². The van der Waals surface area contributed by atoms with Gasteiger partial charge in [-0.1, -0.05) is 24.3 Å². The maximum absolute atomic E-state index is 11.9. The van der Waals surface area contributed by atoms with Gasteiger partial charge in [0.25, 0.3) is 5.69 Å². The summed E-state index contributed by atoms with van der Waals surface area (Å²) < 4.78 is 5.24. The van der Waals surface area contributed by atoms with Crippen molar-refractivity contribution in [2.24, 2.45) is 0 Å². The number of nitrogens with zero attached hydrogens (tertiary/aromatic N) is 1. The van der Waals surface area contributed by atoms with E-state index in [-0.39, 0.29) is 11.7 Å². The minimum atomic E-state index is -0.483. The van der Waals surface area contributed by atoms with Gasteiger partial charge in [-0.3, -0.25) is 14.9 Å². The average Bonchev–Trinajstić information content (AvgIpc) is 2.97. The topological polar surface area (TPSA) is 69.4 Å². The summed E-state index contributed by atoms with van der Waals surface area (Å²) in [4.78, 5) is 22.0. The van der Waals surface area contributed by atoms with Crippen LogP contribution in [-0.4, -0.2) is 10.9 Å². The van der Waals surface area contributed by atoms with E-state index in [1.54, 1.807) is 0 Å². The van der Waals surface area contributed by atoms with Gasteiger partial charge in [0.05, 0.1) is 4.92 Å². The molecule has 0 unspecified atom stereocenters. The van der Waals surface area contributed by atoms with Crippen LogP contribution in [0.25, 0.3) is 0 Å². The number of hydrogen-bond acceptors (Lipinski definition) is 4. The molecule has 5 heteroatoms. The highest BCUT2D eigenvalue weighted by molar-refractivity contribution is 5.72. The van der Waals surface area contributed by atoms with Gasteiger partial charge in [-0.2, -0.15) is 0 Å². The van der Waals surface area contributed by atoms with Crippen LogP contribution >= 0.6 is 0 Å². The Morgan fingerprint density at radius 1 is 1.17 bits per heavy atom. The van der Waals surface area contributed by atoms with Gasteiger partial charge in [0.15, 0.2) is 0 Å². The second-order valence-corrected chi connectivity index (χ2v) is 5.70. The van der Waals surface area contributed by atoms with E-state index >= 15 is 0 Å². The van der Waals surface area contributed by atoms with Crippen molar-refractivity contribution in [3.8, 4) is 5.75 Å². The normalized spacial score (nSPS) is 15.9. The van der Waals surface area contributed by atoms with Crippen molar-refractivity contribution >= 4 is 11.7 Å². The number of carbonyl (C=O) groups excluding carboxylic acids is 1. The number of aryl methyl sites for hydroxylation is 1. The molecule has 0 bridgehead atoms. The Bertz CT molecular complexity index is 724. The molecule has 1 aliphatic carbocycles. The highest BCUT2D eigenvalue weighted by Crippen LogP contribution is 2.36. The molecule has 118 valence electrons. The van der Waals surface area contributed by atoms with Crippen molar-refractivity contribution in [1.29, 1.82) is 0 Å². The summed E-state index contributed by atoms with van der Waals surface area (Å²) in [5.74, 6) is 0.450. The molecule has 0 aliphatic heterocycles. The number of esters is 1. The molecule has 5 nitrogen and oxygen atoms in total. The van der Waals surface area contributed by atoms with Gasteiger partial charge >= 0.3 is 5.97 Å². The first kappa shape index (κ1) is 15.2. The molecule has 0 N–H and O–H groups in total. The average molecular weight is 311 g/mol. The SMILES string of the molecule is O=C(CC[C@@H]1CCc2ccccc21)Oc1ccc([N+](=O)[O-])cc1. The molecule has 1 atom stereocenters. The summed E-state index contributed by atoms with van der Waals surface area (Å²) in [5, 5.41) is 10.6. The van der Waals surface area contributed by atoms with E-state index < -0.39 is 4.92 Å². The Kier molecular flexibility index (Phi) is 4.37. The van der Waals surface area contributed by atoms with E-state index in [9.17, 15) is 14.9 Å². The molecule has 3 rings (SSSR count). The fourth-order valence-corrected chi connectivity index (χ4v) is 3.06. The zero-order chi connectivity index (χ0) is 16.2. The highest BCUT2D eigenvalue weighted by Gasteiger charge is 2.22. The van der Waals surface area contributed by atoms with Crippen LogP contribution in [0.15, 0.2) is 48.5 Å². The number of benzene rings is 2. The van der Waals surface area contributed by atoms with Gasteiger partial charge in [-0.15, -0.1) is 0 Å². The smallest absolute Gasteiger partial charge is 0.311 e. The second kappa shape index (κ2) is 6.60. The summed E-state index contributed by atoms with van der Waals surface area (Å²) in [6.07, 6.45) is 3.25. The number of nitro benzene ring substituents is 1. The van der Waals surface area contributed by atoms with Crippen LogP contribution < -0.4 is 4.74 Å². The molecular weight excluding hydrogens is 294 g/mol. The van der Waals surface area contributed by atoms with Gasteiger partial charge in [0, 0.05) is 18.6 Å². The molecule has 0 amide bonds. The van der Waals surface area contributed by atoms with Crippen LogP contribution in [0, 0.1) is 10.1 Å². The second-order valence-electron chi connectivity index (χ2n) is 5.70. The molecule has 0 saturated heterocycles. The first-order valence-electron chi connectivity index (χ1n) is 7.66. The Balaban J connectivity index is 1.53. The zero-order valence-electron chi connectivity index (χ0n) is 12.6. The maximum Gasteiger partial charge on any atom is 0.311 e. The van der Waals surface area contributed by atoms with Crippen LogP contribution in [0.3, 0.4) is 0 Å². The van der Waals surface area contributed by atoms with Gasteiger partial charge in [-0.25, -0.2) is 0 Å². The van der Waals surface area contributed by atoms with Crippen LogP contribution in [0.5, 0.6) is 5.75 Å². The first-order chi connectivity index (χ1) is 11.1. The lowest BCUT2D eigenvalue weighted by atomic mass is 9.96. The first-order valence-corrected chi connectivity index (χ1v) is 7.66. The minimum absolute atomic E-state index is 0.0210. The fourth-order valence-electron chi connectivity index (χ4n) is 3.06. The Labute approximate surface area is 134 Å². The van der Waals surface area contributed by atoms with Gasteiger partial charge < -0.3 is 4.74 Å². The van der Waals surface area contributed by atoms with Crippen molar-refractivity contribution in [1.82, 2.24) is 0 Å². The largest absolute Gasteiger partial charge is 0.427 e. The van der Waals surface area contributed by atoms with E-state index in [4.69, 9.17) is 4.74 Å². The summed E-state index contributed by atoms with van der Waals surface area (Å²) >= 11 is 0. The molecule has 0 fully saturated rings. The van der Waals surface area contributed by atoms with Crippen LogP contribution in [0.4, 0.5) is 5.69 Å². The maximum atomic E-state index is 11.9. The Hall–Kier alpha value is -2.69. The molecule has 2 aromatic carbocycles. The van der Waals surface area contributed by atoms with Crippen LogP contribution in [0.1, 0.15) is 36.3 Å². The van der Waals surface area contributed by atoms with Gasteiger partial charge in [-0.05, 0) is 48.4 Å². The number of hydrogen-bond donors (Lipinski definition) is 0. The quantitative estimate of drug-likeness (QED) is 0.362. The van der Waals surface area contributed by atoms with Gasteiger partial charge in [0.2, 0.25) is 0 Å². The number of nitro groups is 1. The van der Waals surface area contributed by atoms with Gasteiger partial charge in [0.1, 0.15) is 5.75 Å². The Morgan fingerprint density at radius 2 is 1.91 bits per heavy atom. The third-order valence-electron chi connectivity index (χ3n) is 4.23. The molecule has 0 saturated carbocycles. The minimum Gasteiger partial charge on any atom is -0.427 e. The molecule has 23 heavy (non-hydrogen) atoms. The molecule has 0 spiro atoms. The van der Waals surface area contributed by atoms with E-state index in [1.165, 1.54) is 35.4 Å². The predicted octanol–water partition coefficient (Wildman–Crippen LogP) is 4.01. The standard InChI is InChI=1S/C18H17NO4/c20-18(23-16-10-8-15(9-11-16)19(21)22)12-7-14-6-5-13-3-1-2-4-17(13)14/h1-4,8-11,14H,5-7,12H2/t14-/m0/s1. The van der Waals surface area contributed by atoms with Crippen molar-refractivity contribution in [3.63, 3.8) is 0 Å².